The number of rotatable bonds is 5. The number of nitrogens with one attached hydrogen (secondary N) is 3. The molecule has 8 nitrogen and oxygen atoms in total. The molecule has 0 unspecified atom stereocenters. The number of amides is 5. The number of urea groups is 1. The second kappa shape index (κ2) is 7.28. The SMILES string of the molecule is CNC(=O)CNC(=O)CN1C(=O)N[C@@](C)(c2ccc(Cl)cc2Cl)C1=O. The van der Waals surface area contributed by atoms with Gasteiger partial charge in [0, 0.05) is 22.7 Å². The summed E-state index contributed by atoms with van der Waals surface area (Å²) in [5, 5.41) is 7.80. The molecule has 0 bridgehead atoms. The van der Waals surface area contributed by atoms with E-state index in [1.54, 1.807) is 6.07 Å². The van der Waals surface area contributed by atoms with Gasteiger partial charge in [0.1, 0.15) is 12.1 Å². The van der Waals surface area contributed by atoms with Gasteiger partial charge in [-0.25, -0.2) is 4.79 Å². The number of imide groups is 1. The molecule has 10 heteroatoms. The highest BCUT2D eigenvalue weighted by Gasteiger charge is 2.50. The number of benzene rings is 1. The quantitative estimate of drug-likeness (QED) is 0.644. The predicted octanol–water partition coefficient (Wildman–Crippen LogP) is 0.623. The van der Waals surface area contributed by atoms with Crippen LogP contribution in [0.3, 0.4) is 0 Å². The average Bonchev–Trinajstić information content (AvgIpc) is 2.76. The number of nitrogens with zero attached hydrogens (tertiary/aromatic N) is 1. The van der Waals surface area contributed by atoms with Crippen molar-refractivity contribution in [2.45, 2.75) is 12.5 Å². The topological polar surface area (TPSA) is 108 Å². The zero-order chi connectivity index (χ0) is 18.8. The van der Waals surface area contributed by atoms with Gasteiger partial charge in [0.25, 0.3) is 5.91 Å². The smallest absolute Gasteiger partial charge is 0.325 e. The van der Waals surface area contributed by atoms with Gasteiger partial charge in [-0.2, -0.15) is 0 Å². The van der Waals surface area contributed by atoms with Crippen LogP contribution in [0.15, 0.2) is 18.2 Å². The van der Waals surface area contributed by atoms with Crippen molar-refractivity contribution in [2.24, 2.45) is 0 Å². The standard InChI is InChI=1S/C15H16Cl2N4O4/c1-15(9-4-3-8(16)5-10(9)17)13(24)21(14(25)20-15)7-12(23)19-6-11(22)18-2/h3-5H,6-7H2,1-2H3,(H,18,22)(H,19,23)(H,20,25)/t15-/m0/s1. The molecule has 2 rings (SSSR count). The Bertz CT molecular complexity index is 755. The summed E-state index contributed by atoms with van der Waals surface area (Å²) in [6, 6.07) is 3.82. The molecule has 1 fully saturated rings. The molecule has 0 aromatic heterocycles. The van der Waals surface area contributed by atoms with Crippen molar-refractivity contribution in [3.63, 3.8) is 0 Å². The Morgan fingerprint density at radius 1 is 1.24 bits per heavy atom. The molecule has 5 amide bonds. The van der Waals surface area contributed by atoms with Crippen molar-refractivity contribution in [3.8, 4) is 0 Å². The van der Waals surface area contributed by atoms with Crippen molar-refractivity contribution in [1.29, 1.82) is 0 Å². The van der Waals surface area contributed by atoms with E-state index in [1.807, 2.05) is 0 Å². The van der Waals surface area contributed by atoms with Gasteiger partial charge in [0.05, 0.1) is 6.54 Å². The highest BCUT2D eigenvalue weighted by molar-refractivity contribution is 6.35. The maximum absolute atomic E-state index is 12.7. The van der Waals surface area contributed by atoms with Crippen LogP contribution < -0.4 is 16.0 Å². The molecule has 0 spiro atoms. The lowest BCUT2D eigenvalue weighted by atomic mass is 9.92. The molecule has 3 N–H and O–H groups in total. The number of likely N-dealkylation sites (N-methyl/N-ethyl adjacent to an activating group) is 1. The predicted molar refractivity (Wildman–Crippen MR) is 91.1 cm³/mol. The van der Waals surface area contributed by atoms with E-state index in [2.05, 4.69) is 16.0 Å². The molecule has 1 aromatic rings. The first-order chi connectivity index (χ1) is 11.7. The molecule has 1 heterocycles. The molecule has 1 saturated heterocycles. The molecule has 134 valence electrons. The summed E-state index contributed by atoms with van der Waals surface area (Å²) >= 11 is 12.0. The van der Waals surface area contributed by atoms with E-state index in [9.17, 15) is 19.2 Å². The van der Waals surface area contributed by atoms with Gasteiger partial charge in [-0.15, -0.1) is 0 Å². The summed E-state index contributed by atoms with van der Waals surface area (Å²) < 4.78 is 0. The van der Waals surface area contributed by atoms with Gasteiger partial charge in [0.2, 0.25) is 11.8 Å². The maximum atomic E-state index is 12.7. The summed E-state index contributed by atoms with van der Waals surface area (Å²) in [6.45, 7) is 0.729. The molecular formula is C15H16Cl2N4O4. The summed E-state index contributed by atoms with van der Waals surface area (Å²) in [4.78, 5) is 48.6. The van der Waals surface area contributed by atoms with Gasteiger partial charge >= 0.3 is 6.03 Å². The fraction of sp³-hybridized carbons (Fsp3) is 0.333. The minimum Gasteiger partial charge on any atom is -0.358 e. The molecular weight excluding hydrogens is 371 g/mol. The number of hydrogen-bond donors (Lipinski definition) is 3. The largest absolute Gasteiger partial charge is 0.358 e. The van der Waals surface area contributed by atoms with Crippen molar-refractivity contribution in [2.75, 3.05) is 20.1 Å². The molecule has 0 radical (unpaired) electrons. The van der Waals surface area contributed by atoms with Gasteiger partial charge < -0.3 is 16.0 Å². The fourth-order valence-electron chi connectivity index (χ4n) is 2.38. The summed E-state index contributed by atoms with van der Waals surface area (Å²) in [7, 11) is 1.42. The summed E-state index contributed by atoms with van der Waals surface area (Å²) in [5.41, 5.74) is -1.05. The molecule has 1 aromatic carbocycles. The van der Waals surface area contributed by atoms with E-state index >= 15 is 0 Å². The second-order valence-electron chi connectivity index (χ2n) is 5.52. The van der Waals surface area contributed by atoms with Crippen LogP contribution in [0.1, 0.15) is 12.5 Å². The molecule has 0 saturated carbocycles. The van der Waals surface area contributed by atoms with E-state index in [-0.39, 0.29) is 11.6 Å². The van der Waals surface area contributed by atoms with Crippen LogP contribution in [0.4, 0.5) is 4.79 Å². The normalized spacial score (nSPS) is 19.6. The van der Waals surface area contributed by atoms with Gasteiger partial charge in [-0.05, 0) is 19.1 Å². The third-order valence-corrected chi connectivity index (χ3v) is 4.32. The van der Waals surface area contributed by atoms with Crippen molar-refractivity contribution in [3.05, 3.63) is 33.8 Å². The van der Waals surface area contributed by atoms with E-state index < -0.39 is 35.8 Å². The molecule has 25 heavy (non-hydrogen) atoms. The fourth-order valence-corrected chi connectivity index (χ4v) is 2.98. The highest BCUT2D eigenvalue weighted by atomic mass is 35.5. The van der Waals surface area contributed by atoms with Crippen LogP contribution in [-0.2, 0) is 19.9 Å². The number of halogens is 2. The van der Waals surface area contributed by atoms with Crippen molar-refractivity contribution >= 4 is 47.0 Å². The summed E-state index contributed by atoms with van der Waals surface area (Å²) in [5.74, 6) is -1.67. The van der Waals surface area contributed by atoms with E-state index in [0.717, 1.165) is 4.90 Å². The first-order valence-corrected chi connectivity index (χ1v) is 8.01. The van der Waals surface area contributed by atoms with Crippen LogP contribution in [0.2, 0.25) is 10.0 Å². The molecule has 1 aliphatic rings. The number of carbonyl (C=O) groups excluding carboxylic acids is 4. The second-order valence-corrected chi connectivity index (χ2v) is 6.36. The molecule has 1 atom stereocenters. The lowest BCUT2D eigenvalue weighted by molar-refractivity contribution is -0.135. The van der Waals surface area contributed by atoms with Gasteiger partial charge in [-0.1, -0.05) is 29.3 Å². The van der Waals surface area contributed by atoms with Crippen LogP contribution >= 0.6 is 23.2 Å². The van der Waals surface area contributed by atoms with Crippen LogP contribution in [-0.4, -0.2) is 48.8 Å². The minimum absolute atomic E-state index is 0.217. The number of hydrogen-bond acceptors (Lipinski definition) is 4. The van der Waals surface area contributed by atoms with Crippen molar-refractivity contribution < 1.29 is 19.2 Å². The monoisotopic (exact) mass is 386 g/mol. The zero-order valence-corrected chi connectivity index (χ0v) is 15.0. The Morgan fingerprint density at radius 3 is 2.52 bits per heavy atom. The Morgan fingerprint density at radius 2 is 1.92 bits per heavy atom. The number of carbonyl (C=O) groups is 4. The third-order valence-electron chi connectivity index (χ3n) is 3.77. The van der Waals surface area contributed by atoms with E-state index in [0.29, 0.717) is 10.6 Å². The highest BCUT2D eigenvalue weighted by Crippen LogP contribution is 2.34. The van der Waals surface area contributed by atoms with Crippen LogP contribution in [0, 0.1) is 0 Å². The summed E-state index contributed by atoms with van der Waals surface area (Å²) in [6.07, 6.45) is 0. The third kappa shape index (κ3) is 3.85. The Labute approximate surface area is 153 Å². The van der Waals surface area contributed by atoms with Crippen LogP contribution in [0.25, 0.3) is 0 Å². The Hall–Kier alpha value is -2.32. The Balaban J connectivity index is 2.16. The van der Waals surface area contributed by atoms with E-state index in [4.69, 9.17) is 23.2 Å². The average molecular weight is 387 g/mol. The molecule has 0 aliphatic carbocycles. The van der Waals surface area contributed by atoms with Crippen molar-refractivity contribution in [1.82, 2.24) is 20.9 Å². The zero-order valence-electron chi connectivity index (χ0n) is 13.5. The molecule has 1 aliphatic heterocycles. The van der Waals surface area contributed by atoms with Gasteiger partial charge in [0.15, 0.2) is 0 Å². The lowest BCUT2D eigenvalue weighted by Gasteiger charge is -2.23. The van der Waals surface area contributed by atoms with Gasteiger partial charge in [-0.3, -0.25) is 19.3 Å². The first-order valence-electron chi connectivity index (χ1n) is 7.26. The first kappa shape index (κ1) is 19.0. The lowest BCUT2D eigenvalue weighted by Crippen LogP contribution is -2.45. The van der Waals surface area contributed by atoms with Crippen LogP contribution in [0.5, 0.6) is 0 Å². The minimum atomic E-state index is -1.42. The Kier molecular flexibility index (Phi) is 5.54. The maximum Gasteiger partial charge on any atom is 0.325 e. The van der Waals surface area contributed by atoms with E-state index in [1.165, 1.54) is 26.1 Å².